The minimum atomic E-state index is -0.198. The van der Waals surface area contributed by atoms with E-state index in [1.165, 1.54) is 11.0 Å². The Kier molecular flexibility index (Phi) is 8.11. The first-order valence-electron chi connectivity index (χ1n) is 13.0. The van der Waals surface area contributed by atoms with Crippen LogP contribution >= 0.6 is 11.8 Å². The Balaban J connectivity index is 1.23. The fourth-order valence-corrected chi connectivity index (χ4v) is 5.90. The van der Waals surface area contributed by atoms with Gasteiger partial charge in [0.25, 0.3) is 5.56 Å². The number of carbonyl (C=O) groups is 1. The van der Waals surface area contributed by atoms with Gasteiger partial charge in [-0.3, -0.25) is 14.2 Å². The van der Waals surface area contributed by atoms with Gasteiger partial charge in [0.1, 0.15) is 5.75 Å². The molecule has 2 heterocycles. The lowest BCUT2D eigenvalue weighted by atomic mass is 10.0. The van der Waals surface area contributed by atoms with Crippen molar-refractivity contribution in [2.45, 2.75) is 49.1 Å². The summed E-state index contributed by atoms with van der Waals surface area (Å²) in [7, 11) is 0. The molecule has 2 aliphatic rings. The quantitative estimate of drug-likeness (QED) is 0.278. The van der Waals surface area contributed by atoms with Crippen LogP contribution in [0.25, 0.3) is 5.69 Å². The van der Waals surface area contributed by atoms with E-state index in [1.54, 1.807) is 40.9 Å². The lowest BCUT2D eigenvalue weighted by Crippen LogP contribution is -2.42. The van der Waals surface area contributed by atoms with E-state index in [0.29, 0.717) is 47.6 Å². The molecule has 0 saturated heterocycles. The van der Waals surface area contributed by atoms with Gasteiger partial charge in [-0.2, -0.15) is 0 Å². The van der Waals surface area contributed by atoms with Crippen LogP contribution in [0.2, 0.25) is 0 Å². The zero-order valence-corrected chi connectivity index (χ0v) is 21.7. The van der Waals surface area contributed by atoms with Crippen molar-refractivity contribution < 1.29 is 9.90 Å². The fourth-order valence-electron chi connectivity index (χ4n) is 4.58. The molecule has 3 N–H and O–H groups in total. The van der Waals surface area contributed by atoms with Crippen molar-refractivity contribution in [3.63, 3.8) is 0 Å². The third kappa shape index (κ3) is 5.99. The summed E-state index contributed by atoms with van der Waals surface area (Å²) < 4.78 is 1.53. The summed E-state index contributed by atoms with van der Waals surface area (Å²) in [5.74, 6) is 0.0639. The summed E-state index contributed by atoms with van der Waals surface area (Å²) in [4.78, 5) is 33.3. The Morgan fingerprint density at radius 2 is 1.84 bits per heavy atom. The molecule has 0 spiro atoms. The van der Waals surface area contributed by atoms with Crippen LogP contribution in [-0.2, 0) is 17.8 Å². The Morgan fingerprint density at radius 3 is 2.59 bits per heavy atom. The van der Waals surface area contributed by atoms with Crippen LogP contribution in [0.15, 0.2) is 64.5 Å². The molecule has 1 saturated carbocycles. The number of phenols is 1. The van der Waals surface area contributed by atoms with Crippen LogP contribution in [0.5, 0.6) is 5.75 Å². The maximum atomic E-state index is 13.7. The lowest BCUT2D eigenvalue weighted by molar-refractivity contribution is -0.132. The van der Waals surface area contributed by atoms with Gasteiger partial charge in [0.15, 0.2) is 5.16 Å². The topological polar surface area (TPSA) is 99.5 Å². The SMILES string of the molecule is O=C(CCNCCNc1ccccc1)N1CCc2nc(SC3CCC3)n(-c3ccccc3O)c(=O)c2C1. The highest BCUT2D eigenvalue weighted by molar-refractivity contribution is 7.99. The van der Waals surface area contributed by atoms with Crippen LogP contribution in [0.1, 0.15) is 36.9 Å². The number of nitrogens with zero attached hydrogens (tertiary/aromatic N) is 3. The number of rotatable bonds is 10. The van der Waals surface area contributed by atoms with Gasteiger partial charge in [-0.05, 0) is 37.1 Å². The van der Waals surface area contributed by atoms with Crippen molar-refractivity contribution >= 4 is 23.4 Å². The first-order chi connectivity index (χ1) is 18.1. The normalized spacial score (nSPS) is 15.2. The molecule has 9 heteroatoms. The molecule has 3 aromatic rings. The molecule has 0 unspecified atom stereocenters. The van der Waals surface area contributed by atoms with E-state index in [-0.39, 0.29) is 23.8 Å². The molecule has 0 radical (unpaired) electrons. The third-order valence-corrected chi connectivity index (χ3v) is 8.21. The van der Waals surface area contributed by atoms with Gasteiger partial charge in [0.2, 0.25) is 5.91 Å². The largest absolute Gasteiger partial charge is 0.506 e. The van der Waals surface area contributed by atoms with E-state index in [2.05, 4.69) is 10.6 Å². The number of para-hydroxylation sites is 3. The predicted octanol–water partition coefficient (Wildman–Crippen LogP) is 3.56. The number of aromatic nitrogens is 2. The van der Waals surface area contributed by atoms with Gasteiger partial charge in [-0.25, -0.2) is 4.98 Å². The number of aromatic hydroxyl groups is 1. The molecule has 8 nitrogen and oxygen atoms in total. The molecule has 37 heavy (non-hydrogen) atoms. The van der Waals surface area contributed by atoms with Crippen LogP contribution in [0.4, 0.5) is 5.69 Å². The van der Waals surface area contributed by atoms with Gasteiger partial charge in [0, 0.05) is 50.0 Å². The summed E-state index contributed by atoms with van der Waals surface area (Å²) in [5.41, 5.74) is 2.62. The zero-order chi connectivity index (χ0) is 25.6. The molecule has 2 aromatic carbocycles. The van der Waals surface area contributed by atoms with Crippen LogP contribution in [0, 0.1) is 0 Å². The number of thioether (sulfide) groups is 1. The molecule has 1 aromatic heterocycles. The lowest BCUT2D eigenvalue weighted by Gasteiger charge is -2.30. The van der Waals surface area contributed by atoms with E-state index in [1.807, 2.05) is 30.3 Å². The number of hydrogen-bond acceptors (Lipinski definition) is 7. The highest BCUT2D eigenvalue weighted by Crippen LogP contribution is 2.37. The van der Waals surface area contributed by atoms with Crippen molar-refractivity contribution in [2.75, 3.05) is 31.5 Å². The smallest absolute Gasteiger partial charge is 0.264 e. The molecule has 1 fully saturated rings. The molecule has 5 rings (SSSR count). The van der Waals surface area contributed by atoms with Crippen LogP contribution < -0.4 is 16.2 Å². The van der Waals surface area contributed by atoms with E-state index < -0.39 is 0 Å². The van der Waals surface area contributed by atoms with E-state index in [9.17, 15) is 14.7 Å². The summed E-state index contributed by atoms with van der Waals surface area (Å²) in [5, 5.41) is 18.2. The minimum absolute atomic E-state index is 0.0237. The number of anilines is 1. The second kappa shape index (κ2) is 11.8. The second-order valence-electron chi connectivity index (χ2n) is 9.48. The van der Waals surface area contributed by atoms with Crippen LogP contribution in [-0.4, -0.2) is 56.9 Å². The van der Waals surface area contributed by atoms with E-state index >= 15 is 0 Å². The molecule has 0 bridgehead atoms. The average Bonchev–Trinajstić information content (AvgIpc) is 2.89. The molecule has 0 atom stereocenters. The third-order valence-electron chi connectivity index (χ3n) is 6.92. The maximum Gasteiger partial charge on any atom is 0.264 e. The van der Waals surface area contributed by atoms with Gasteiger partial charge < -0.3 is 20.6 Å². The van der Waals surface area contributed by atoms with Crippen molar-refractivity contribution in [1.82, 2.24) is 19.8 Å². The molecule has 194 valence electrons. The maximum absolute atomic E-state index is 13.7. The number of hydrogen-bond donors (Lipinski definition) is 3. The van der Waals surface area contributed by atoms with Crippen molar-refractivity contribution in [3.8, 4) is 11.4 Å². The molecular formula is C28H33N5O3S. The summed E-state index contributed by atoms with van der Waals surface area (Å²) in [6, 6.07) is 16.9. The number of phenolic OH excluding ortho intramolecular Hbond substituents is 1. The summed E-state index contributed by atoms with van der Waals surface area (Å²) >= 11 is 1.62. The predicted molar refractivity (Wildman–Crippen MR) is 147 cm³/mol. The first-order valence-corrected chi connectivity index (χ1v) is 13.9. The number of carbonyl (C=O) groups excluding carboxylic acids is 1. The Labute approximate surface area is 221 Å². The number of benzene rings is 2. The standard InChI is InChI=1S/C28H33N5O3S/c34-25-12-5-4-11-24(25)33-27(36)22-19-32(18-14-23(22)31-28(33)37-21-9-6-10-21)26(35)13-15-29-16-17-30-20-7-2-1-3-8-20/h1-5,7-8,11-12,21,29-30,34H,6,9-10,13-19H2. The molecular weight excluding hydrogens is 486 g/mol. The summed E-state index contributed by atoms with van der Waals surface area (Å²) in [6.07, 6.45) is 4.34. The fraction of sp³-hybridized carbons (Fsp3) is 0.393. The van der Waals surface area contributed by atoms with Crippen molar-refractivity contribution in [1.29, 1.82) is 0 Å². The number of amides is 1. The van der Waals surface area contributed by atoms with E-state index in [4.69, 9.17) is 4.98 Å². The molecule has 1 aliphatic heterocycles. The molecule has 1 aliphatic carbocycles. The highest BCUT2D eigenvalue weighted by atomic mass is 32.2. The monoisotopic (exact) mass is 519 g/mol. The van der Waals surface area contributed by atoms with E-state index in [0.717, 1.165) is 37.3 Å². The Morgan fingerprint density at radius 1 is 1.05 bits per heavy atom. The first kappa shape index (κ1) is 25.4. The van der Waals surface area contributed by atoms with Crippen molar-refractivity contribution in [2.24, 2.45) is 0 Å². The summed E-state index contributed by atoms with van der Waals surface area (Å²) in [6.45, 7) is 2.91. The van der Waals surface area contributed by atoms with Crippen molar-refractivity contribution in [3.05, 3.63) is 76.2 Å². The number of fused-ring (bicyclic) bond motifs is 1. The Hall–Kier alpha value is -3.30. The van der Waals surface area contributed by atoms with Gasteiger partial charge in [0.05, 0.1) is 23.5 Å². The zero-order valence-electron chi connectivity index (χ0n) is 20.9. The molecule has 1 amide bonds. The highest BCUT2D eigenvalue weighted by Gasteiger charge is 2.29. The van der Waals surface area contributed by atoms with Gasteiger partial charge >= 0.3 is 0 Å². The average molecular weight is 520 g/mol. The minimum Gasteiger partial charge on any atom is -0.506 e. The van der Waals surface area contributed by atoms with Gasteiger partial charge in [-0.1, -0.05) is 48.5 Å². The van der Waals surface area contributed by atoms with Crippen LogP contribution in [0.3, 0.4) is 0 Å². The number of nitrogens with one attached hydrogen (secondary N) is 2. The van der Waals surface area contributed by atoms with Gasteiger partial charge in [-0.15, -0.1) is 0 Å². The Bertz CT molecular complexity index is 1290. The second-order valence-corrected chi connectivity index (χ2v) is 10.7.